The first-order chi connectivity index (χ1) is 10.2. The maximum atomic E-state index is 9.93. The fourth-order valence-corrected chi connectivity index (χ4v) is 3.04. The number of benzene rings is 1. The van der Waals surface area contributed by atoms with Gasteiger partial charge in [0.05, 0.1) is 0 Å². The predicted molar refractivity (Wildman–Crippen MR) is 87.2 cm³/mol. The summed E-state index contributed by atoms with van der Waals surface area (Å²) in [6.07, 6.45) is 3.98. The molecular weight excluding hydrogens is 332 g/mol. The van der Waals surface area contributed by atoms with Crippen LogP contribution in [0.15, 0.2) is 39.9 Å². The number of hydrogen-bond donors (Lipinski definition) is 2. The zero-order valence-electron chi connectivity index (χ0n) is 11.8. The lowest BCUT2D eigenvalue weighted by molar-refractivity contribution is 0.174. The summed E-state index contributed by atoms with van der Waals surface area (Å²) >= 11 is 3.46. The van der Waals surface area contributed by atoms with Crippen molar-refractivity contribution >= 4 is 21.8 Å². The van der Waals surface area contributed by atoms with E-state index in [0.29, 0.717) is 12.4 Å². The van der Waals surface area contributed by atoms with Gasteiger partial charge in [0.15, 0.2) is 0 Å². The standard InChI is InChI=1S/C15H19BrN4O/c16-13-1-2-14(21)12(9-13)10-19-5-7-20(8-6-19)15-3-4-17-11-18-15/h1-4,9,17,21H,5-8,10-11H2. The second kappa shape index (κ2) is 6.49. The van der Waals surface area contributed by atoms with Crippen molar-refractivity contribution in [1.82, 2.24) is 15.1 Å². The summed E-state index contributed by atoms with van der Waals surface area (Å²) in [5, 5.41) is 13.0. The third-order valence-corrected chi connectivity index (χ3v) is 4.31. The SMILES string of the molecule is Oc1ccc(Br)cc1CN1CCN(C2=NCNC=C2)CC1. The van der Waals surface area contributed by atoms with Crippen LogP contribution in [0.4, 0.5) is 0 Å². The largest absolute Gasteiger partial charge is 0.508 e. The number of aliphatic imine (C=N–C) groups is 1. The van der Waals surface area contributed by atoms with E-state index in [0.717, 1.165) is 48.6 Å². The molecule has 0 bridgehead atoms. The molecule has 0 unspecified atom stereocenters. The Hall–Kier alpha value is -1.53. The van der Waals surface area contributed by atoms with Gasteiger partial charge < -0.3 is 15.3 Å². The molecule has 5 nitrogen and oxygen atoms in total. The van der Waals surface area contributed by atoms with Gasteiger partial charge in [-0.1, -0.05) is 15.9 Å². The average Bonchev–Trinajstić information content (AvgIpc) is 2.53. The van der Waals surface area contributed by atoms with Gasteiger partial charge in [0.25, 0.3) is 0 Å². The van der Waals surface area contributed by atoms with E-state index in [-0.39, 0.29) is 0 Å². The molecule has 0 radical (unpaired) electrons. The Labute approximate surface area is 133 Å². The normalized spacial score (nSPS) is 19.3. The van der Waals surface area contributed by atoms with Crippen LogP contribution in [0.5, 0.6) is 5.75 Å². The van der Waals surface area contributed by atoms with Crippen LogP contribution < -0.4 is 5.32 Å². The molecule has 0 aliphatic carbocycles. The lowest BCUT2D eigenvalue weighted by atomic mass is 10.1. The van der Waals surface area contributed by atoms with Crippen molar-refractivity contribution in [3.63, 3.8) is 0 Å². The summed E-state index contributed by atoms with van der Waals surface area (Å²) in [6, 6.07) is 5.59. The van der Waals surface area contributed by atoms with Crippen molar-refractivity contribution in [3.05, 3.63) is 40.5 Å². The molecule has 2 aliphatic rings. The molecule has 2 N–H and O–H groups in total. The molecule has 3 rings (SSSR count). The van der Waals surface area contributed by atoms with Crippen molar-refractivity contribution in [2.24, 2.45) is 4.99 Å². The maximum Gasteiger partial charge on any atom is 0.127 e. The van der Waals surface area contributed by atoms with Crippen molar-refractivity contribution in [3.8, 4) is 5.75 Å². The number of amidine groups is 1. The molecule has 0 amide bonds. The number of nitrogens with one attached hydrogen (secondary N) is 1. The van der Waals surface area contributed by atoms with Crippen LogP contribution in [0.3, 0.4) is 0 Å². The van der Waals surface area contributed by atoms with Crippen molar-refractivity contribution < 1.29 is 5.11 Å². The number of aromatic hydroxyl groups is 1. The number of piperazine rings is 1. The van der Waals surface area contributed by atoms with Crippen LogP contribution in [-0.4, -0.2) is 53.6 Å². The third kappa shape index (κ3) is 3.57. The summed E-state index contributed by atoms with van der Waals surface area (Å²) in [5.41, 5.74) is 0.969. The quantitative estimate of drug-likeness (QED) is 0.853. The molecule has 1 saturated heterocycles. The summed E-state index contributed by atoms with van der Waals surface area (Å²) in [6.45, 7) is 5.34. The Bertz CT molecular complexity index is 565. The zero-order valence-corrected chi connectivity index (χ0v) is 13.4. The number of halogens is 1. The van der Waals surface area contributed by atoms with Crippen LogP contribution in [0, 0.1) is 0 Å². The molecule has 1 aromatic rings. The highest BCUT2D eigenvalue weighted by Crippen LogP contribution is 2.23. The summed E-state index contributed by atoms with van der Waals surface area (Å²) in [4.78, 5) is 9.15. The van der Waals surface area contributed by atoms with E-state index in [1.165, 1.54) is 0 Å². The second-order valence-electron chi connectivity index (χ2n) is 5.25. The Balaban J connectivity index is 1.57. The number of hydrogen-bond acceptors (Lipinski definition) is 5. The van der Waals surface area contributed by atoms with Gasteiger partial charge in [-0.3, -0.25) is 4.90 Å². The van der Waals surface area contributed by atoms with Gasteiger partial charge in [0.1, 0.15) is 18.3 Å². The van der Waals surface area contributed by atoms with Gasteiger partial charge in [-0.25, -0.2) is 4.99 Å². The van der Waals surface area contributed by atoms with Crippen molar-refractivity contribution in [2.45, 2.75) is 6.54 Å². The molecule has 1 fully saturated rings. The second-order valence-corrected chi connectivity index (χ2v) is 6.16. The minimum atomic E-state index is 0.367. The van der Waals surface area contributed by atoms with Gasteiger partial charge in [-0.15, -0.1) is 0 Å². The Kier molecular flexibility index (Phi) is 4.45. The van der Waals surface area contributed by atoms with Gasteiger partial charge in [-0.2, -0.15) is 0 Å². The highest BCUT2D eigenvalue weighted by Gasteiger charge is 2.20. The van der Waals surface area contributed by atoms with Crippen molar-refractivity contribution in [2.75, 3.05) is 32.8 Å². The van der Waals surface area contributed by atoms with Gasteiger partial charge >= 0.3 is 0 Å². The molecule has 6 heteroatoms. The van der Waals surface area contributed by atoms with Crippen LogP contribution in [0.2, 0.25) is 0 Å². The van der Waals surface area contributed by atoms with E-state index in [9.17, 15) is 5.11 Å². The molecule has 0 atom stereocenters. The van der Waals surface area contributed by atoms with E-state index in [4.69, 9.17) is 0 Å². The monoisotopic (exact) mass is 350 g/mol. The number of nitrogens with zero attached hydrogens (tertiary/aromatic N) is 3. The van der Waals surface area contributed by atoms with Crippen LogP contribution in [-0.2, 0) is 6.54 Å². The molecule has 2 aliphatic heterocycles. The summed E-state index contributed by atoms with van der Waals surface area (Å²) < 4.78 is 1.00. The van der Waals surface area contributed by atoms with Crippen LogP contribution in [0.1, 0.15) is 5.56 Å². The number of rotatable bonds is 2. The van der Waals surface area contributed by atoms with Crippen molar-refractivity contribution in [1.29, 1.82) is 0 Å². The minimum absolute atomic E-state index is 0.367. The molecule has 1 aromatic carbocycles. The first-order valence-electron chi connectivity index (χ1n) is 7.11. The molecule has 112 valence electrons. The molecule has 0 spiro atoms. The predicted octanol–water partition coefficient (Wildman–Crippen LogP) is 1.75. The molecular formula is C15H19BrN4O. The van der Waals surface area contributed by atoms with Gasteiger partial charge in [-0.05, 0) is 24.3 Å². The van der Waals surface area contributed by atoms with E-state index in [1.54, 1.807) is 6.07 Å². The topological polar surface area (TPSA) is 51.1 Å². The van der Waals surface area contributed by atoms with Crippen LogP contribution >= 0.6 is 15.9 Å². The van der Waals surface area contributed by atoms with E-state index in [1.807, 2.05) is 24.4 Å². The number of phenolic OH excluding ortho intramolecular Hbond substituents is 1. The fourth-order valence-electron chi connectivity index (χ4n) is 2.63. The highest BCUT2D eigenvalue weighted by molar-refractivity contribution is 9.10. The molecule has 0 saturated carbocycles. The Morgan fingerprint density at radius 2 is 2.05 bits per heavy atom. The van der Waals surface area contributed by atoms with E-state index >= 15 is 0 Å². The smallest absolute Gasteiger partial charge is 0.127 e. The van der Waals surface area contributed by atoms with Crippen LogP contribution in [0.25, 0.3) is 0 Å². The highest BCUT2D eigenvalue weighted by atomic mass is 79.9. The number of phenols is 1. The lowest BCUT2D eigenvalue weighted by Gasteiger charge is -2.36. The summed E-state index contributed by atoms with van der Waals surface area (Å²) in [7, 11) is 0. The zero-order chi connectivity index (χ0) is 14.7. The van der Waals surface area contributed by atoms with Gasteiger partial charge in [0, 0.05) is 49.0 Å². The lowest BCUT2D eigenvalue weighted by Crippen LogP contribution is -2.48. The fraction of sp³-hybridized carbons (Fsp3) is 0.400. The molecule has 21 heavy (non-hydrogen) atoms. The Morgan fingerprint density at radius 3 is 2.76 bits per heavy atom. The van der Waals surface area contributed by atoms with E-state index in [2.05, 4.69) is 36.0 Å². The molecule has 0 aromatic heterocycles. The molecule has 2 heterocycles. The average molecular weight is 351 g/mol. The van der Waals surface area contributed by atoms with Gasteiger partial charge in [0.2, 0.25) is 0 Å². The first-order valence-corrected chi connectivity index (χ1v) is 7.91. The third-order valence-electron chi connectivity index (χ3n) is 3.81. The summed E-state index contributed by atoms with van der Waals surface area (Å²) in [5.74, 6) is 1.44. The maximum absolute atomic E-state index is 9.93. The minimum Gasteiger partial charge on any atom is -0.508 e. The first kappa shape index (κ1) is 14.4. The Morgan fingerprint density at radius 1 is 1.24 bits per heavy atom. The van der Waals surface area contributed by atoms with E-state index < -0.39 is 0 Å².